The van der Waals surface area contributed by atoms with Crippen molar-refractivity contribution in [2.45, 2.75) is 53.0 Å². The Labute approximate surface area is 175 Å². The minimum absolute atomic E-state index is 0. The number of halogens is 1. The van der Waals surface area contributed by atoms with Crippen LogP contribution in [-0.4, -0.2) is 59.0 Å². The molecule has 0 radical (unpaired) electrons. The van der Waals surface area contributed by atoms with Crippen molar-refractivity contribution in [2.24, 2.45) is 17.5 Å². The van der Waals surface area contributed by atoms with Crippen LogP contribution < -0.4 is 5.32 Å². The van der Waals surface area contributed by atoms with Crippen molar-refractivity contribution in [3.63, 3.8) is 0 Å². The van der Waals surface area contributed by atoms with Gasteiger partial charge in [0.15, 0.2) is 11.8 Å². The molecule has 1 aromatic heterocycles. The Kier molecular flexibility index (Phi) is 9.84. The number of likely N-dealkylation sites (tertiary alicyclic amines) is 1. The molecule has 0 amide bonds. The van der Waals surface area contributed by atoms with E-state index in [0.717, 1.165) is 37.2 Å². The third-order valence-corrected chi connectivity index (χ3v) is 5.08. The van der Waals surface area contributed by atoms with Gasteiger partial charge >= 0.3 is 0 Å². The number of methoxy groups -OCH3 is 1. The van der Waals surface area contributed by atoms with Gasteiger partial charge < -0.3 is 19.5 Å². The number of nitrogens with zero attached hydrogens (tertiary/aromatic N) is 5. The maximum absolute atomic E-state index is 5.18. The molecule has 1 aromatic rings. The van der Waals surface area contributed by atoms with Crippen LogP contribution in [0.1, 0.15) is 51.2 Å². The van der Waals surface area contributed by atoms with E-state index in [0.29, 0.717) is 18.6 Å². The molecular formula is C18H35IN6O. The third kappa shape index (κ3) is 6.37. The largest absolute Gasteiger partial charge is 0.383 e. The van der Waals surface area contributed by atoms with Crippen molar-refractivity contribution in [1.29, 1.82) is 0 Å². The first-order valence-electron chi connectivity index (χ1n) is 9.36. The molecule has 26 heavy (non-hydrogen) atoms. The molecule has 0 aromatic carbocycles. The third-order valence-electron chi connectivity index (χ3n) is 5.08. The molecule has 0 spiro atoms. The first kappa shape index (κ1) is 23.1. The van der Waals surface area contributed by atoms with E-state index in [-0.39, 0.29) is 24.0 Å². The number of aliphatic imine (C=N–C) groups is 1. The molecule has 7 nitrogen and oxygen atoms in total. The van der Waals surface area contributed by atoms with Gasteiger partial charge in [-0.05, 0) is 31.6 Å². The number of aromatic nitrogens is 3. The molecular weight excluding hydrogens is 443 g/mol. The van der Waals surface area contributed by atoms with E-state index in [2.05, 4.69) is 34.3 Å². The zero-order chi connectivity index (χ0) is 18.3. The lowest BCUT2D eigenvalue weighted by Crippen LogP contribution is -2.50. The van der Waals surface area contributed by atoms with Gasteiger partial charge in [0.1, 0.15) is 12.4 Å². The van der Waals surface area contributed by atoms with Gasteiger partial charge in [-0.15, -0.1) is 34.2 Å². The van der Waals surface area contributed by atoms with E-state index in [4.69, 9.17) is 9.73 Å². The van der Waals surface area contributed by atoms with Crippen molar-refractivity contribution in [2.75, 3.05) is 33.4 Å². The van der Waals surface area contributed by atoms with Crippen molar-refractivity contribution in [3.05, 3.63) is 11.6 Å². The minimum atomic E-state index is 0. The summed E-state index contributed by atoms with van der Waals surface area (Å²) in [5.41, 5.74) is 0.373. The van der Waals surface area contributed by atoms with Crippen LogP contribution in [0.15, 0.2) is 4.99 Å². The van der Waals surface area contributed by atoms with Crippen LogP contribution in [0.4, 0.5) is 0 Å². The monoisotopic (exact) mass is 478 g/mol. The van der Waals surface area contributed by atoms with Gasteiger partial charge in [-0.1, -0.05) is 20.3 Å². The molecule has 1 fully saturated rings. The SMILES string of the molecule is CCCC1(C)CCCN(C(=NCc2nnc(C)n2C)NCCOC)C1.I. The van der Waals surface area contributed by atoms with Crippen LogP contribution in [0, 0.1) is 12.3 Å². The van der Waals surface area contributed by atoms with Crippen LogP contribution in [0.3, 0.4) is 0 Å². The number of ether oxygens (including phenoxy) is 1. The molecule has 1 saturated heterocycles. The summed E-state index contributed by atoms with van der Waals surface area (Å²) in [6.45, 7) is 10.7. The van der Waals surface area contributed by atoms with Crippen molar-refractivity contribution >= 4 is 29.9 Å². The highest BCUT2D eigenvalue weighted by molar-refractivity contribution is 14.0. The Hall–Kier alpha value is -0.900. The van der Waals surface area contributed by atoms with Gasteiger partial charge in [0, 0.05) is 33.8 Å². The zero-order valence-electron chi connectivity index (χ0n) is 16.9. The quantitative estimate of drug-likeness (QED) is 0.283. The summed E-state index contributed by atoms with van der Waals surface area (Å²) >= 11 is 0. The summed E-state index contributed by atoms with van der Waals surface area (Å²) in [4.78, 5) is 7.24. The van der Waals surface area contributed by atoms with Crippen LogP contribution in [0.5, 0.6) is 0 Å². The lowest BCUT2D eigenvalue weighted by molar-refractivity contribution is 0.141. The van der Waals surface area contributed by atoms with Gasteiger partial charge in [0.25, 0.3) is 0 Å². The molecule has 1 aliphatic heterocycles. The summed E-state index contributed by atoms with van der Waals surface area (Å²) in [6.07, 6.45) is 5.00. The Balaban J connectivity index is 0.00000338. The summed E-state index contributed by atoms with van der Waals surface area (Å²) < 4.78 is 7.18. The molecule has 0 bridgehead atoms. The van der Waals surface area contributed by atoms with E-state index >= 15 is 0 Å². The molecule has 2 rings (SSSR count). The molecule has 1 aliphatic rings. The number of nitrogens with one attached hydrogen (secondary N) is 1. The molecule has 8 heteroatoms. The number of aryl methyl sites for hydroxylation is 1. The smallest absolute Gasteiger partial charge is 0.194 e. The highest BCUT2D eigenvalue weighted by Gasteiger charge is 2.31. The second-order valence-corrected chi connectivity index (χ2v) is 7.37. The summed E-state index contributed by atoms with van der Waals surface area (Å²) in [6, 6.07) is 0. The Morgan fingerprint density at radius 1 is 1.38 bits per heavy atom. The number of piperidine rings is 1. The predicted octanol–water partition coefficient (Wildman–Crippen LogP) is 2.74. The second kappa shape index (κ2) is 11.1. The summed E-state index contributed by atoms with van der Waals surface area (Å²) in [5.74, 6) is 2.75. The highest BCUT2D eigenvalue weighted by atomic mass is 127. The summed E-state index contributed by atoms with van der Waals surface area (Å²) in [5, 5.41) is 11.8. The maximum atomic E-state index is 5.18. The average Bonchev–Trinajstić information content (AvgIpc) is 2.90. The second-order valence-electron chi connectivity index (χ2n) is 7.37. The van der Waals surface area contributed by atoms with E-state index in [1.54, 1.807) is 7.11 Å². The average molecular weight is 478 g/mol. The van der Waals surface area contributed by atoms with Gasteiger partial charge in [-0.2, -0.15) is 0 Å². The molecule has 1 atom stereocenters. The number of hydrogen-bond acceptors (Lipinski definition) is 4. The number of hydrogen-bond donors (Lipinski definition) is 1. The maximum Gasteiger partial charge on any atom is 0.194 e. The van der Waals surface area contributed by atoms with E-state index < -0.39 is 0 Å². The van der Waals surface area contributed by atoms with Crippen molar-refractivity contribution < 1.29 is 4.74 Å². The number of guanidine groups is 1. The standard InChI is InChI=1S/C18H34N6O.HI/c1-6-8-18(3)9-7-11-24(14-18)17(19-10-12-25-5)20-13-16-22-21-15(2)23(16)4;/h6-14H2,1-5H3,(H,19,20);1H. The van der Waals surface area contributed by atoms with E-state index in [1.807, 2.05) is 18.5 Å². The van der Waals surface area contributed by atoms with E-state index in [1.165, 1.54) is 25.7 Å². The van der Waals surface area contributed by atoms with Gasteiger partial charge in [0.05, 0.1) is 6.61 Å². The first-order chi connectivity index (χ1) is 12.0. The zero-order valence-corrected chi connectivity index (χ0v) is 19.2. The Morgan fingerprint density at radius 2 is 2.15 bits per heavy atom. The molecule has 1 unspecified atom stereocenters. The van der Waals surface area contributed by atoms with Gasteiger partial charge in [-0.25, -0.2) is 4.99 Å². The highest BCUT2D eigenvalue weighted by Crippen LogP contribution is 2.33. The van der Waals surface area contributed by atoms with Crippen LogP contribution >= 0.6 is 24.0 Å². The lowest BCUT2D eigenvalue weighted by atomic mass is 9.78. The lowest BCUT2D eigenvalue weighted by Gasteiger charge is -2.42. The first-order valence-corrected chi connectivity index (χ1v) is 9.36. The van der Waals surface area contributed by atoms with Gasteiger partial charge in [0.2, 0.25) is 0 Å². The fraction of sp³-hybridized carbons (Fsp3) is 0.833. The fourth-order valence-electron chi connectivity index (χ4n) is 3.57. The minimum Gasteiger partial charge on any atom is -0.383 e. The van der Waals surface area contributed by atoms with Crippen molar-refractivity contribution in [1.82, 2.24) is 25.0 Å². The molecule has 0 saturated carbocycles. The molecule has 2 heterocycles. The van der Waals surface area contributed by atoms with Crippen molar-refractivity contribution in [3.8, 4) is 0 Å². The topological polar surface area (TPSA) is 67.6 Å². The van der Waals surface area contributed by atoms with Crippen LogP contribution in [0.25, 0.3) is 0 Å². The normalized spacial score (nSPS) is 20.8. The fourth-order valence-corrected chi connectivity index (χ4v) is 3.57. The number of rotatable bonds is 7. The molecule has 0 aliphatic carbocycles. The Bertz CT molecular complexity index is 572. The van der Waals surface area contributed by atoms with E-state index in [9.17, 15) is 0 Å². The predicted molar refractivity (Wildman–Crippen MR) is 116 cm³/mol. The van der Waals surface area contributed by atoms with Crippen LogP contribution in [0.2, 0.25) is 0 Å². The van der Waals surface area contributed by atoms with Crippen LogP contribution in [-0.2, 0) is 18.3 Å². The summed E-state index contributed by atoms with van der Waals surface area (Å²) in [7, 11) is 3.71. The molecule has 1 N–H and O–H groups in total. The molecule has 150 valence electrons. The van der Waals surface area contributed by atoms with Gasteiger partial charge in [-0.3, -0.25) is 0 Å². The Morgan fingerprint density at radius 3 is 2.77 bits per heavy atom.